The Hall–Kier alpha value is -1.98. The van der Waals surface area contributed by atoms with Crippen LogP contribution in [0.1, 0.15) is 11.8 Å². The number of hydrogen-bond acceptors (Lipinski definition) is 4. The lowest BCUT2D eigenvalue weighted by molar-refractivity contribution is -0.116. The van der Waals surface area contributed by atoms with Gasteiger partial charge in [-0.05, 0) is 49.4 Å². The number of halogens is 1. The van der Waals surface area contributed by atoms with Crippen LogP contribution < -0.4 is 14.8 Å². The first-order valence-corrected chi connectivity index (χ1v) is 8.43. The van der Waals surface area contributed by atoms with Gasteiger partial charge in [0.05, 0.1) is 17.5 Å². The molecule has 23 heavy (non-hydrogen) atoms. The number of amides is 1. The molecular formula is C17H18ClNO3S. The Labute approximate surface area is 144 Å². The maximum absolute atomic E-state index is 11.7. The molecule has 2 rings (SSSR count). The molecule has 0 saturated carbocycles. The third-order valence-corrected chi connectivity index (χ3v) is 3.99. The van der Waals surface area contributed by atoms with Crippen molar-refractivity contribution in [2.24, 2.45) is 0 Å². The smallest absolute Gasteiger partial charge is 0.244 e. The molecule has 1 amide bonds. The first-order valence-electron chi connectivity index (χ1n) is 7.24. The van der Waals surface area contributed by atoms with Crippen molar-refractivity contribution in [2.45, 2.75) is 6.92 Å². The van der Waals surface area contributed by atoms with Gasteiger partial charge in [-0.25, -0.2) is 0 Å². The molecule has 0 fully saturated rings. The van der Waals surface area contributed by atoms with Crippen molar-refractivity contribution in [3.05, 3.63) is 51.7 Å². The van der Waals surface area contributed by atoms with Crippen LogP contribution in [0.2, 0.25) is 4.34 Å². The van der Waals surface area contributed by atoms with E-state index in [2.05, 4.69) is 5.32 Å². The molecule has 0 aliphatic carbocycles. The Kier molecular flexibility index (Phi) is 6.97. The molecule has 1 N–H and O–H groups in total. The van der Waals surface area contributed by atoms with Gasteiger partial charge >= 0.3 is 0 Å². The Morgan fingerprint density at radius 2 is 1.87 bits per heavy atom. The van der Waals surface area contributed by atoms with Crippen molar-refractivity contribution in [1.82, 2.24) is 5.32 Å². The van der Waals surface area contributed by atoms with Crippen molar-refractivity contribution in [3.8, 4) is 11.5 Å². The summed E-state index contributed by atoms with van der Waals surface area (Å²) in [5.74, 6) is 1.39. The summed E-state index contributed by atoms with van der Waals surface area (Å²) in [6.45, 7) is 3.41. The third-order valence-electron chi connectivity index (χ3n) is 2.80. The fourth-order valence-electron chi connectivity index (χ4n) is 1.78. The quantitative estimate of drug-likeness (QED) is 0.577. The fraction of sp³-hybridized carbons (Fsp3) is 0.235. The van der Waals surface area contributed by atoms with Gasteiger partial charge in [0.25, 0.3) is 0 Å². The van der Waals surface area contributed by atoms with Gasteiger partial charge < -0.3 is 14.8 Å². The number of nitrogens with one attached hydrogen (secondary N) is 1. The highest BCUT2D eigenvalue weighted by Crippen LogP contribution is 2.22. The lowest BCUT2D eigenvalue weighted by Crippen LogP contribution is -2.26. The Bertz CT molecular complexity index is 652. The minimum atomic E-state index is -0.162. The second kappa shape index (κ2) is 9.22. The summed E-state index contributed by atoms with van der Waals surface area (Å²) in [5.41, 5.74) is 0. The van der Waals surface area contributed by atoms with Crippen molar-refractivity contribution >= 4 is 34.9 Å². The van der Waals surface area contributed by atoms with E-state index in [0.29, 0.717) is 24.1 Å². The molecule has 0 saturated heterocycles. The lowest BCUT2D eigenvalue weighted by atomic mass is 10.3. The lowest BCUT2D eigenvalue weighted by Gasteiger charge is -2.08. The van der Waals surface area contributed by atoms with Gasteiger partial charge in [0, 0.05) is 11.0 Å². The molecule has 0 unspecified atom stereocenters. The molecule has 0 aliphatic heterocycles. The van der Waals surface area contributed by atoms with E-state index in [1.165, 1.54) is 17.4 Å². The van der Waals surface area contributed by atoms with Crippen molar-refractivity contribution in [3.63, 3.8) is 0 Å². The molecule has 1 heterocycles. The number of carbonyl (C=O) groups excluding carboxylic acids is 1. The molecular weight excluding hydrogens is 334 g/mol. The largest absolute Gasteiger partial charge is 0.494 e. The van der Waals surface area contributed by atoms with E-state index < -0.39 is 0 Å². The SMILES string of the molecule is CCOc1ccc(OCCNC(=O)/C=C/c2ccc(Cl)s2)cc1. The van der Waals surface area contributed by atoms with Crippen LogP contribution in [0.25, 0.3) is 6.08 Å². The van der Waals surface area contributed by atoms with Gasteiger partial charge in [0.2, 0.25) is 5.91 Å². The van der Waals surface area contributed by atoms with E-state index in [-0.39, 0.29) is 5.91 Å². The average molecular weight is 352 g/mol. The summed E-state index contributed by atoms with van der Waals surface area (Å²) >= 11 is 7.25. The van der Waals surface area contributed by atoms with Crippen LogP contribution in [-0.4, -0.2) is 25.7 Å². The van der Waals surface area contributed by atoms with Crippen LogP contribution in [0.15, 0.2) is 42.5 Å². The molecule has 0 bridgehead atoms. The molecule has 6 heteroatoms. The van der Waals surface area contributed by atoms with E-state index in [1.54, 1.807) is 12.1 Å². The number of carbonyl (C=O) groups is 1. The predicted octanol–water partition coefficient (Wildman–Crippen LogP) is 4.01. The van der Waals surface area contributed by atoms with Gasteiger partial charge in [0.15, 0.2) is 0 Å². The number of thiophene rings is 1. The molecule has 1 aromatic heterocycles. The van der Waals surface area contributed by atoms with E-state index >= 15 is 0 Å². The summed E-state index contributed by atoms with van der Waals surface area (Å²) in [6, 6.07) is 11.1. The van der Waals surface area contributed by atoms with Gasteiger partial charge in [0.1, 0.15) is 18.1 Å². The van der Waals surface area contributed by atoms with Crippen LogP contribution in [-0.2, 0) is 4.79 Å². The predicted molar refractivity (Wildman–Crippen MR) is 94.5 cm³/mol. The molecule has 0 atom stereocenters. The van der Waals surface area contributed by atoms with Crippen molar-refractivity contribution in [2.75, 3.05) is 19.8 Å². The Balaban J connectivity index is 1.66. The first-order chi connectivity index (χ1) is 11.2. The number of ether oxygens (including phenoxy) is 2. The zero-order valence-corrected chi connectivity index (χ0v) is 14.3. The number of benzene rings is 1. The molecule has 0 radical (unpaired) electrons. The van der Waals surface area contributed by atoms with Gasteiger partial charge in [-0.3, -0.25) is 4.79 Å². The van der Waals surface area contributed by atoms with Crippen LogP contribution >= 0.6 is 22.9 Å². The highest BCUT2D eigenvalue weighted by molar-refractivity contribution is 7.17. The second-order valence-electron chi connectivity index (χ2n) is 4.52. The average Bonchev–Trinajstić information content (AvgIpc) is 2.97. The highest BCUT2D eigenvalue weighted by Gasteiger charge is 1.99. The zero-order valence-electron chi connectivity index (χ0n) is 12.8. The van der Waals surface area contributed by atoms with Gasteiger partial charge in [-0.15, -0.1) is 11.3 Å². The monoisotopic (exact) mass is 351 g/mol. The topological polar surface area (TPSA) is 47.6 Å². The molecule has 2 aromatic rings. The zero-order chi connectivity index (χ0) is 16.5. The van der Waals surface area contributed by atoms with Gasteiger partial charge in [-0.1, -0.05) is 11.6 Å². The minimum absolute atomic E-state index is 0.162. The highest BCUT2D eigenvalue weighted by atomic mass is 35.5. The second-order valence-corrected chi connectivity index (χ2v) is 6.27. The third kappa shape index (κ3) is 6.34. The fourth-order valence-corrected chi connectivity index (χ4v) is 2.74. The summed E-state index contributed by atoms with van der Waals surface area (Å²) < 4.78 is 11.6. The Morgan fingerprint density at radius 1 is 1.17 bits per heavy atom. The van der Waals surface area contributed by atoms with Crippen LogP contribution in [0, 0.1) is 0 Å². The molecule has 122 valence electrons. The summed E-state index contributed by atoms with van der Waals surface area (Å²) in [4.78, 5) is 12.6. The van der Waals surface area contributed by atoms with Crippen molar-refractivity contribution in [1.29, 1.82) is 0 Å². The first kappa shape index (κ1) is 17.4. The summed E-state index contributed by atoms with van der Waals surface area (Å²) in [5, 5.41) is 2.76. The van der Waals surface area contributed by atoms with E-state index in [4.69, 9.17) is 21.1 Å². The molecule has 1 aromatic carbocycles. The standard InChI is InChI=1S/C17H18ClNO3S/c1-2-21-13-3-5-14(6-4-13)22-12-11-19-17(20)10-8-15-7-9-16(18)23-15/h3-10H,2,11-12H2,1H3,(H,19,20)/b10-8+. The maximum atomic E-state index is 11.7. The van der Waals surface area contributed by atoms with E-state index in [9.17, 15) is 4.79 Å². The summed E-state index contributed by atoms with van der Waals surface area (Å²) in [7, 11) is 0. The Morgan fingerprint density at radius 3 is 2.48 bits per heavy atom. The van der Waals surface area contributed by atoms with Crippen LogP contribution in [0.4, 0.5) is 0 Å². The van der Waals surface area contributed by atoms with Crippen LogP contribution in [0.5, 0.6) is 11.5 Å². The molecule has 0 aliphatic rings. The van der Waals surface area contributed by atoms with E-state index in [0.717, 1.165) is 16.4 Å². The number of rotatable bonds is 8. The van der Waals surface area contributed by atoms with Gasteiger partial charge in [-0.2, -0.15) is 0 Å². The molecule has 0 spiro atoms. The van der Waals surface area contributed by atoms with Crippen LogP contribution in [0.3, 0.4) is 0 Å². The maximum Gasteiger partial charge on any atom is 0.244 e. The van der Waals surface area contributed by atoms with E-state index in [1.807, 2.05) is 37.3 Å². The summed E-state index contributed by atoms with van der Waals surface area (Å²) in [6.07, 6.45) is 3.22. The normalized spacial score (nSPS) is 10.7. The molecule has 4 nitrogen and oxygen atoms in total. The number of hydrogen-bond donors (Lipinski definition) is 1. The van der Waals surface area contributed by atoms with Crippen molar-refractivity contribution < 1.29 is 14.3 Å². The minimum Gasteiger partial charge on any atom is -0.494 e.